The Morgan fingerprint density at radius 1 is 0.867 bits per heavy atom. The van der Waals surface area contributed by atoms with Crippen LogP contribution in [0, 0.1) is 12.8 Å². The van der Waals surface area contributed by atoms with Gasteiger partial charge in [0.15, 0.2) is 0 Å². The normalized spacial score (nSPS) is 13.0. The monoisotopic (exact) mass is 397 g/mol. The molecule has 1 aromatic heterocycles. The van der Waals surface area contributed by atoms with Crippen LogP contribution in [0.15, 0.2) is 83.4 Å². The number of hydrogen-bond acceptors (Lipinski definition) is 4. The maximum atomic E-state index is 5.45. The van der Waals surface area contributed by atoms with Gasteiger partial charge in [0.25, 0.3) is 5.89 Å². The topological polar surface area (TPSA) is 51.0 Å². The van der Waals surface area contributed by atoms with Crippen molar-refractivity contribution in [1.29, 1.82) is 0 Å². The number of rotatable bonds is 7. The van der Waals surface area contributed by atoms with Gasteiger partial charge in [-0.3, -0.25) is 0 Å². The van der Waals surface area contributed by atoms with E-state index in [9.17, 15) is 0 Å². The van der Waals surface area contributed by atoms with E-state index in [1.165, 1.54) is 11.1 Å². The summed E-state index contributed by atoms with van der Waals surface area (Å²) in [5, 5.41) is 7.87. The van der Waals surface area contributed by atoms with Gasteiger partial charge in [0, 0.05) is 16.8 Å². The lowest BCUT2D eigenvalue weighted by molar-refractivity contribution is 0.432. The van der Waals surface area contributed by atoms with Crippen molar-refractivity contribution in [2.45, 2.75) is 33.2 Å². The molecule has 0 saturated heterocycles. The zero-order valence-electron chi connectivity index (χ0n) is 17.7. The second-order valence-corrected chi connectivity index (χ2v) is 7.78. The highest BCUT2D eigenvalue weighted by molar-refractivity contribution is 5.60. The lowest BCUT2D eigenvalue weighted by Crippen LogP contribution is -2.18. The standard InChI is InChI=1S/C26H27N3O/c1-4-19(3)24(27-23-16-10-18(2)11-17-23)20-12-14-21(15-13-20)25-28-26(30-29-25)22-8-6-5-7-9-22/h5-17,19,24,27H,4H2,1-3H3. The molecule has 2 atom stereocenters. The predicted octanol–water partition coefficient (Wildman–Crippen LogP) is 6.91. The van der Waals surface area contributed by atoms with Crippen LogP contribution in [-0.4, -0.2) is 10.1 Å². The second kappa shape index (κ2) is 8.95. The smallest absolute Gasteiger partial charge is 0.258 e. The first-order valence-corrected chi connectivity index (χ1v) is 10.5. The fourth-order valence-corrected chi connectivity index (χ4v) is 3.50. The SMILES string of the molecule is CCC(C)C(Nc1ccc(C)cc1)c1ccc(-c2noc(-c3ccccc3)n2)cc1. The minimum absolute atomic E-state index is 0.233. The first-order chi connectivity index (χ1) is 14.6. The van der Waals surface area contributed by atoms with E-state index in [2.05, 4.69) is 84.8 Å². The van der Waals surface area contributed by atoms with Gasteiger partial charge in [0.05, 0.1) is 6.04 Å². The van der Waals surface area contributed by atoms with Gasteiger partial charge >= 0.3 is 0 Å². The van der Waals surface area contributed by atoms with E-state index in [1.807, 2.05) is 30.3 Å². The average Bonchev–Trinajstić information content (AvgIpc) is 3.29. The molecule has 152 valence electrons. The molecule has 0 spiro atoms. The molecule has 0 aliphatic carbocycles. The van der Waals surface area contributed by atoms with Crippen molar-refractivity contribution in [3.05, 3.63) is 90.0 Å². The van der Waals surface area contributed by atoms with E-state index >= 15 is 0 Å². The molecule has 1 heterocycles. The van der Waals surface area contributed by atoms with Crippen LogP contribution in [-0.2, 0) is 0 Å². The van der Waals surface area contributed by atoms with Crippen LogP contribution >= 0.6 is 0 Å². The van der Waals surface area contributed by atoms with E-state index < -0.39 is 0 Å². The Morgan fingerprint density at radius 2 is 1.57 bits per heavy atom. The van der Waals surface area contributed by atoms with Crippen LogP contribution in [0.2, 0.25) is 0 Å². The van der Waals surface area contributed by atoms with Gasteiger partial charge in [-0.1, -0.05) is 85.6 Å². The molecule has 0 saturated carbocycles. The summed E-state index contributed by atoms with van der Waals surface area (Å²) in [5.41, 5.74) is 5.52. The lowest BCUT2D eigenvalue weighted by Gasteiger charge is -2.26. The number of hydrogen-bond donors (Lipinski definition) is 1. The third kappa shape index (κ3) is 4.43. The molecular formula is C26H27N3O. The van der Waals surface area contributed by atoms with Gasteiger partial charge in [-0.15, -0.1) is 0 Å². The Balaban J connectivity index is 1.56. The van der Waals surface area contributed by atoms with Crippen molar-refractivity contribution in [3.63, 3.8) is 0 Å². The molecule has 0 radical (unpaired) electrons. The summed E-state index contributed by atoms with van der Waals surface area (Å²) in [4.78, 5) is 4.56. The van der Waals surface area contributed by atoms with Crippen molar-refractivity contribution >= 4 is 5.69 Å². The van der Waals surface area contributed by atoms with Crippen LogP contribution in [0.4, 0.5) is 5.69 Å². The first kappa shape index (κ1) is 19.9. The van der Waals surface area contributed by atoms with Crippen molar-refractivity contribution in [2.75, 3.05) is 5.32 Å². The van der Waals surface area contributed by atoms with Gasteiger partial charge in [-0.2, -0.15) is 4.98 Å². The van der Waals surface area contributed by atoms with Crippen LogP contribution in [0.3, 0.4) is 0 Å². The molecule has 1 N–H and O–H groups in total. The molecule has 4 aromatic rings. The van der Waals surface area contributed by atoms with Gasteiger partial charge in [-0.25, -0.2) is 0 Å². The quantitative estimate of drug-likeness (QED) is 0.368. The van der Waals surface area contributed by atoms with Crippen LogP contribution in [0.1, 0.15) is 37.4 Å². The maximum absolute atomic E-state index is 5.45. The van der Waals surface area contributed by atoms with Crippen molar-refractivity contribution in [1.82, 2.24) is 10.1 Å². The fourth-order valence-electron chi connectivity index (χ4n) is 3.50. The highest BCUT2D eigenvalue weighted by Gasteiger charge is 2.19. The summed E-state index contributed by atoms with van der Waals surface area (Å²) < 4.78 is 5.45. The van der Waals surface area contributed by atoms with E-state index in [0.29, 0.717) is 17.6 Å². The zero-order chi connectivity index (χ0) is 20.9. The number of aryl methyl sites for hydroxylation is 1. The third-order valence-corrected chi connectivity index (χ3v) is 5.56. The number of nitrogens with one attached hydrogen (secondary N) is 1. The summed E-state index contributed by atoms with van der Waals surface area (Å²) >= 11 is 0. The summed E-state index contributed by atoms with van der Waals surface area (Å²) in [6.07, 6.45) is 1.09. The highest BCUT2D eigenvalue weighted by atomic mass is 16.5. The molecule has 0 bridgehead atoms. The minimum atomic E-state index is 0.233. The Hall–Kier alpha value is -3.40. The third-order valence-electron chi connectivity index (χ3n) is 5.56. The van der Waals surface area contributed by atoms with E-state index in [1.54, 1.807) is 0 Å². The number of anilines is 1. The van der Waals surface area contributed by atoms with E-state index in [4.69, 9.17) is 4.52 Å². The van der Waals surface area contributed by atoms with E-state index in [-0.39, 0.29) is 6.04 Å². The summed E-state index contributed by atoms with van der Waals surface area (Å²) in [7, 11) is 0. The van der Waals surface area contributed by atoms with Crippen LogP contribution in [0.25, 0.3) is 22.8 Å². The summed E-state index contributed by atoms with van der Waals surface area (Å²) in [6.45, 7) is 6.62. The first-order valence-electron chi connectivity index (χ1n) is 10.5. The second-order valence-electron chi connectivity index (χ2n) is 7.78. The Bertz CT molecular complexity index is 1070. The van der Waals surface area contributed by atoms with Gasteiger partial charge in [0.2, 0.25) is 5.82 Å². The summed E-state index contributed by atoms with van der Waals surface area (Å²) in [6, 6.07) is 27.1. The summed E-state index contributed by atoms with van der Waals surface area (Å²) in [5.74, 6) is 1.63. The molecule has 0 aliphatic heterocycles. The highest BCUT2D eigenvalue weighted by Crippen LogP contribution is 2.30. The number of benzene rings is 3. The minimum Gasteiger partial charge on any atom is -0.378 e. The predicted molar refractivity (Wildman–Crippen MR) is 122 cm³/mol. The number of aromatic nitrogens is 2. The van der Waals surface area contributed by atoms with Crippen molar-refractivity contribution in [3.8, 4) is 22.8 Å². The molecular weight excluding hydrogens is 370 g/mol. The van der Waals surface area contributed by atoms with Gasteiger partial charge in [-0.05, 0) is 42.7 Å². The van der Waals surface area contributed by atoms with E-state index in [0.717, 1.165) is 23.2 Å². The molecule has 4 rings (SSSR count). The molecule has 0 amide bonds. The number of nitrogens with zero attached hydrogens (tertiary/aromatic N) is 2. The van der Waals surface area contributed by atoms with Crippen molar-refractivity contribution in [2.24, 2.45) is 5.92 Å². The molecule has 2 unspecified atom stereocenters. The Labute approximate surface area is 178 Å². The fraction of sp³-hybridized carbons (Fsp3) is 0.231. The van der Waals surface area contributed by atoms with Crippen molar-refractivity contribution < 1.29 is 4.52 Å². The average molecular weight is 398 g/mol. The Morgan fingerprint density at radius 3 is 2.23 bits per heavy atom. The largest absolute Gasteiger partial charge is 0.378 e. The molecule has 30 heavy (non-hydrogen) atoms. The molecule has 0 aliphatic rings. The maximum Gasteiger partial charge on any atom is 0.258 e. The zero-order valence-corrected chi connectivity index (χ0v) is 17.7. The molecule has 0 fully saturated rings. The molecule has 4 heteroatoms. The molecule has 4 nitrogen and oxygen atoms in total. The van der Waals surface area contributed by atoms with Gasteiger partial charge in [0.1, 0.15) is 0 Å². The Kier molecular flexibility index (Phi) is 5.94. The molecule has 3 aromatic carbocycles. The van der Waals surface area contributed by atoms with Gasteiger partial charge < -0.3 is 9.84 Å². The van der Waals surface area contributed by atoms with Crippen LogP contribution in [0.5, 0.6) is 0 Å². The van der Waals surface area contributed by atoms with Crippen LogP contribution < -0.4 is 5.32 Å². The lowest BCUT2D eigenvalue weighted by atomic mass is 9.91.